The highest BCUT2D eigenvalue weighted by Gasteiger charge is 2.35. The van der Waals surface area contributed by atoms with Gasteiger partial charge in [-0.05, 0) is 51.1 Å². The Morgan fingerprint density at radius 2 is 1.70 bits per heavy atom. The quantitative estimate of drug-likeness (QED) is 0.0750. The monoisotopic (exact) mass is 728 g/mol. The van der Waals surface area contributed by atoms with Crippen LogP contribution in [0.4, 0.5) is 18.0 Å². The van der Waals surface area contributed by atoms with E-state index in [9.17, 15) is 41.2 Å². The third-order valence-corrected chi connectivity index (χ3v) is 8.12. The molecule has 272 valence electrons. The molecular formula is C30H35F3N6O10S. The van der Waals surface area contributed by atoms with Gasteiger partial charge in [-0.15, -0.1) is 5.01 Å². The number of rotatable bonds is 15. The molecule has 0 radical (unpaired) electrons. The van der Waals surface area contributed by atoms with Gasteiger partial charge in [0, 0.05) is 18.9 Å². The van der Waals surface area contributed by atoms with Crippen LogP contribution in [-0.2, 0) is 44.8 Å². The highest BCUT2D eigenvalue weighted by Crippen LogP contribution is 2.33. The maximum Gasteiger partial charge on any atom is 0.511 e. The van der Waals surface area contributed by atoms with Crippen LogP contribution in [0.25, 0.3) is 16.9 Å². The third-order valence-electron chi connectivity index (χ3n) is 6.73. The molecule has 50 heavy (non-hydrogen) atoms. The topological polar surface area (TPSA) is 194 Å². The molecule has 0 bridgehead atoms. The van der Waals surface area contributed by atoms with Crippen LogP contribution in [0.3, 0.4) is 0 Å². The first-order chi connectivity index (χ1) is 23.4. The average Bonchev–Trinajstić information content (AvgIpc) is 3.51. The van der Waals surface area contributed by atoms with Crippen LogP contribution in [0.5, 0.6) is 0 Å². The number of likely N-dealkylation sites (N-methyl/N-ethyl adjacent to an activating group) is 1. The van der Waals surface area contributed by atoms with Crippen LogP contribution < -0.4 is 4.72 Å². The molecule has 3 aromatic rings. The number of carbonyl (C=O) groups excluding carboxylic acids is 3. The zero-order chi connectivity index (χ0) is 37.2. The maximum absolute atomic E-state index is 13.5. The summed E-state index contributed by atoms with van der Waals surface area (Å²) >= 11 is 0. The van der Waals surface area contributed by atoms with Crippen LogP contribution in [-0.4, -0.2) is 78.8 Å². The van der Waals surface area contributed by atoms with Crippen molar-refractivity contribution in [2.45, 2.75) is 63.9 Å². The number of sulfonamides is 1. The molecule has 0 fully saturated rings. The van der Waals surface area contributed by atoms with Gasteiger partial charge in [0.15, 0.2) is 5.69 Å². The van der Waals surface area contributed by atoms with Crippen molar-refractivity contribution in [1.82, 2.24) is 19.5 Å². The molecule has 2 atom stereocenters. The number of esters is 1. The molecule has 0 aliphatic rings. The summed E-state index contributed by atoms with van der Waals surface area (Å²) in [7, 11) is -3.12. The second kappa shape index (κ2) is 16.8. The van der Waals surface area contributed by atoms with E-state index in [2.05, 4.69) is 19.8 Å². The molecule has 3 rings (SSSR count). The lowest BCUT2D eigenvalue weighted by atomic mass is 10.1. The second-order valence-electron chi connectivity index (χ2n) is 10.6. The van der Waals surface area contributed by atoms with E-state index < -0.39 is 65.1 Å². The van der Waals surface area contributed by atoms with Crippen LogP contribution >= 0.6 is 0 Å². The van der Waals surface area contributed by atoms with E-state index in [1.54, 1.807) is 31.2 Å². The molecule has 1 N–H and O–H groups in total. The number of nitrogens with one attached hydrogen (secondary N) is 1. The number of hydrogen-bond donors (Lipinski definition) is 1. The van der Waals surface area contributed by atoms with Gasteiger partial charge in [-0.2, -0.15) is 18.3 Å². The van der Waals surface area contributed by atoms with Crippen molar-refractivity contribution in [3.8, 4) is 16.9 Å². The van der Waals surface area contributed by atoms with Crippen molar-refractivity contribution in [2.75, 3.05) is 20.3 Å². The van der Waals surface area contributed by atoms with Crippen molar-refractivity contribution in [1.29, 1.82) is 0 Å². The first-order valence-corrected chi connectivity index (χ1v) is 16.4. The summed E-state index contributed by atoms with van der Waals surface area (Å²) in [5.41, 5.74) is 0.452. The minimum absolute atomic E-state index is 0.0200. The maximum atomic E-state index is 13.5. The number of ether oxygens (including phenoxy) is 3. The lowest BCUT2D eigenvalue weighted by Gasteiger charge is -2.20. The van der Waals surface area contributed by atoms with Crippen molar-refractivity contribution < 1.29 is 60.0 Å². The van der Waals surface area contributed by atoms with E-state index in [-0.39, 0.29) is 34.5 Å². The fourth-order valence-electron chi connectivity index (χ4n) is 3.92. The smallest absolute Gasteiger partial charge is 0.511 e. The first kappa shape index (κ1) is 39.0. The largest absolute Gasteiger partial charge is 0.569 e. The van der Waals surface area contributed by atoms with E-state index in [0.717, 1.165) is 33.5 Å². The highest BCUT2D eigenvalue weighted by atomic mass is 32.2. The van der Waals surface area contributed by atoms with Gasteiger partial charge in [-0.1, -0.05) is 29.8 Å². The minimum atomic E-state index is -4.73. The second-order valence-corrected chi connectivity index (χ2v) is 12.3. The number of aryl methyl sites for hydroxylation is 1. The molecule has 0 spiro atoms. The molecule has 1 heterocycles. The van der Waals surface area contributed by atoms with Gasteiger partial charge in [0.2, 0.25) is 11.2 Å². The standard InChI is InChI=1S/C30H35F3N6O10S/c1-6-46-29(42)48-21(4)49-36-39(43)37(5)20(3)18-47-28(41)16-15-27(40)35-50(44,45)24-13-11-23(12-14-24)38-25(17-26(34-38)30(31,32)33)22-9-7-19(2)8-10-22/h7-14,17,20-21H,6,15-16,18H2,1-5H3,(H,35,40)/b39-36-/t20-,21?/m0/s1. The Hall–Kier alpha value is -5.40. The highest BCUT2D eigenvalue weighted by molar-refractivity contribution is 7.90. The van der Waals surface area contributed by atoms with Gasteiger partial charge in [-0.25, -0.2) is 22.6 Å². The fourth-order valence-corrected chi connectivity index (χ4v) is 4.94. The summed E-state index contributed by atoms with van der Waals surface area (Å²) in [5.74, 6) is -1.90. The van der Waals surface area contributed by atoms with Crippen LogP contribution in [0.15, 0.2) is 64.8 Å². The average molecular weight is 729 g/mol. The van der Waals surface area contributed by atoms with Crippen LogP contribution in [0.1, 0.15) is 44.9 Å². The van der Waals surface area contributed by atoms with Gasteiger partial charge in [0.1, 0.15) is 12.6 Å². The summed E-state index contributed by atoms with van der Waals surface area (Å²) in [5, 5.41) is 20.0. The summed E-state index contributed by atoms with van der Waals surface area (Å²) in [6, 6.07) is 11.5. The summed E-state index contributed by atoms with van der Waals surface area (Å²) in [6.07, 6.45) is -8.06. The van der Waals surface area contributed by atoms with E-state index in [0.29, 0.717) is 5.56 Å². The van der Waals surface area contributed by atoms with Crippen molar-refractivity contribution in [3.05, 3.63) is 71.1 Å². The van der Waals surface area contributed by atoms with Crippen molar-refractivity contribution >= 4 is 28.1 Å². The predicted octanol–water partition coefficient (Wildman–Crippen LogP) is 4.64. The third kappa shape index (κ3) is 11.1. The van der Waals surface area contributed by atoms with Gasteiger partial charge in [0.25, 0.3) is 16.3 Å². The van der Waals surface area contributed by atoms with E-state index in [1.807, 2.05) is 11.6 Å². The van der Waals surface area contributed by atoms with E-state index in [4.69, 9.17) is 9.57 Å². The van der Waals surface area contributed by atoms with E-state index >= 15 is 0 Å². The molecule has 2 aromatic carbocycles. The summed E-state index contributed by atoms with van der Waals surface area (Å²) < 4.78 is 83.3. The number of carbonyl (C=O) groups is 3. The van der Waals surface area contributed by atoms with Crippen molar-refractivity contribution in [2.24, 2.45) is 5.28 Å². The Kier molecular flexibility index (Phi) is 13.1. The molecule has 1 amide bonds. The molecule has 1 unspecified atom stereocenters. The summed E-state index contributed by atoms with van der Waals surface area (Å²) in [4.78, 5) is 40.2. The number of benzene rings is 2. The lowest BCUT2D eigenvalue weighted by Crippen LogP contribution is -2.39. The molecule has 0 saturated heterocycles. The first-order valence-electron chi connectivity index (χ1n) is 14.9. The van der Waals surface area contributed by atoms with Crippen LogP contribution in [0, 0.1) is 12.1 Å². The zero-order valence-electron chi connectivity index (χ0n) is 27.5. The Labute approximate surface area is 284 Å². The van der Waals surface area contributed by atoms with Gasteiger partial charge in [-0.3, -0.25) is 14.4 Å². The number of hydrazine groups is 1. The molecule has 20 heteroatoms. The van der Waals surface area contributed by atoms with Crippen molar-refractivity contribution in [3.63, 3.8) is 0 Å². The van der Waals surface area contributed by atoms with Gasteiger partial charge < -0.3 is 19.4 Å². The Balaban J connectivity index is 1.54. The van der Waals surface area contributed by atoms with Crippen LogP contribution in [0.2, 0.25) is 0 Å². The molecule has 0 aliphatic carbocycles. The predicted molar refractivity (Wildman–Crippen MR) is 166 cm³/mol. The van der Waals surface area contributed by atoms with E-state index in [1.165, 1.54) is 33.0 Å². The Morgan fingerprint density at radius 3 is 2.30 bits per heavy atom. The Morgan fingerprint density at radius 1 is 1.06 bits per heavy atom. The zero-order valence-corrected chi connectivity index (χ0v) is 28.4. The van der Waals surface area contributed by atoms with Gasteiger partial charge in [0.05, 0.1) is 41.3 Å². The number of alkyl halides is 3. The normalized spacial score (nSPS) is 13.2. The minimum Gasteiger partial charge on any atom is -0.569 e. The number of hydrogen-bond acceptors (Lipinski definition) is 12. The molecule has 16 nitrogen and oxygen atoms in total. The number of amides is 1. The molecule has 1 aromatic heterocycles. The molecular weight excluding hydrogens is 693 g/mol. The number of nitrogens with zero attached hydrogens (tertiary/aromatic N) is 5. The van der Waals surface area contributed by atoms with Gasteiger partial charge >= 0.3 is 18.3 Å². The number of halogens is 3. The number of aromatic nitrogens is 2. The lowest BCUT2D eigenvalue weighted by molar-refractivity contribution is -0.714. The molecule has 0 saturated carbocycles. The molecule has 0 aliphatic heterocycles. The Bertz CT molecular complexity index is 1780. The fraction of sp³-hybridized carbons (Fsp3) is 0.400. The summed E-state index contributed by atoms with van der Waals surface area (Å²) in [6.45, 7) is 5.93. The SMILES string of the molecule is CCOC(=O)OC(C)O/N=[N+](\[O-])N(C)[C@@H](C)COC(=O)CCC(=O)NS(=O)(=O)c1ccc(-n2nc(C(F)(F)F)cc2-c2ccc(C)cc2)cc1.